The van der Waals surface area contributed by atoms with Crippen molar-refractivity contribution in [3.05, 3.63) is 82.2 Å². The highest BCUT2D eigenvalue weighted by atomic mass is 16.6. The molecule has 0 atom stereocenters. The van der Waals surface area contributed by atoms with E-state index in [9.17, 15) is 19.7 Å². The van der Waals surface area contributed by atoms with Crippen LogP contribution in [0.1, 0.15) is 10.4 Å². The lowest BCUT2D eigenvalue weighted by atomic mass is 10.2. The second-order valence-electron chi connectivity index (χ2n) is 4.82. The number of nitro benzene ring substituents is 1. The second-order valence-corrected chi connectivity index (χ2v) is 4.82. The van der Waals surface area contributed by atoms with Crippen molar-refractivity contribution in [3.63, 3.8) is 0 Å². The molecule has 128 valence electrons. The van der Waals surface area contributed by atoms with Gasteiger partial charge in [-0.3, -0.25) is 14.9 Å². The van der Waals surface area contributed by atoms with Crippen molar-refractivity contribution in [1.82, 2.24) is 5.32 Å². The zero-order valence-corrected chi connectivity index (χ0v) is 13.3. The maximum absolute atomic E-state index is 12.1. The van der Waals surface area contributed by atoms with Crippen LogP contribution in [0.5, 0.6) is 0 Å². The number of nitrogens with zero attached hydrogens (tertiary/aromatic N) is 1. The normalized spacial score (nSPS) is 10.7. The van der Waals surface area contributed by atoms with Gasteiger partial charge in [-0.1, -0.05) is 18.2 Å². The molecule has 2 rings (SSSR count). The Hall–Kier alpha value is -3.68. The number of rotatable bonds is 6. The first-order valence-electron chi connectivity index (χ1n) is 7.17. The molecule has 0 saturated carbocycles. The minimum atomic E-state index is -0.737. The predicted octanol–water partition coefficient (Wildman–Crippen LogP) is 2.45. The summed E-state index contributed by atoms with van der Waals surface area (Å²) in [7, 11) is 1.19. The molecule has 8 heteroatoms. The number of esters is 1. The van der Waals surface area contributed by atoms with Crippen LogP contribution in [0.2, 0.25) is 0 Å². The zero-order chi connectivity index (χ0) is 18.2. The van der Waals surface area contributed by atoms with Gasteiger partial charge in [0.15, 0.2) is 0 Å². The third-order valence-corrected chi connectivity index (χ3v) is 3.15. The molecule has 0 saturated heterocycles. The molecule has 0 unspecified atom stereocenters. The number of benzene rings is 2. The van der Waals surface area contributed by atoms with Gasteiger partial charge in [0.25, 0.3) is 11.6 Å². The Morgan fingerprint density at radius 3 is 2.28 bits per heavy atom. The largest absolute Gasteiger partial charge is 0.464 e. The molecule has 0 bridgehead atoms. The smallest absolute Gasteiger partial charge is 0.356 e. The summed E-state index contributed by atoms with van der Waals surface area (Å²) in [5, 5.41) is 15.9. The van der Waals surface area contributed by atoms with Crippen LogP contribution in [0.4, 0.5) is 11.4 Å². The lowest BCUT2D eigenvalue weighted by molar-refractivity contribution is -0.384. The fourth-order valence-electron chi connectivity index (χ4n) is 1.87. The molecule has 0 aliphatic carbocycles. The third kappa shape index (κ3) is 4.90. The summed E-state index contributed by atoms with van der Waals surface area (Å²) in [5.41, 5.74) is 0.725. The van der Waals surface area contributed by atoms with Crippen molar-refractivity contribution >= 4 is 23.3 Å². The van der Waals surface area contributed by atoms with E-state index in [1.807, 2.05) is 0 Å². The Kier molecular flexibility index (Phi) is 5.83. The van der Waals surface area contributed by atoms with Crippen LogP contribution in [-0.4, -0.2) is 23.9 Å². The third-order valence-electron chi connectivity index (χ3n) is 3.15. The summed E-state index contributed by atoms with van der Waals surface area (Å²) >= 11 is 0. The van der Waals surface area contributed by atoms with Gasteiger partial charge in [-0.25, -0.2) is 4.79 Å². The van der Waals surface area contributed by atoms with Crippen LogP contribution < -0.4 is 10.6 Å². The summed E-state index contributed by atoms with van der Waals surface area (Å²) < 4.78 is 4.64. The first-order chi connectivity index (χ1) is 12.0. The van der Waals surface area contributed by atoms with Gasteiger partial charge in [-0.15, -0.1) is 0 Å². The first kappa shape index (κ1) is 17.7. The van der Waals surface area contributed by atoms with Gasteiger partial charge in [-0.05, 0) is 24.3 Å². The molecule has 0 aromatic heterocycles. The van der Waals surface area contributed by atoms with Crippen molar-refractivity contribution in [2.24, 2.45) is 0 Å². The van der Waals surface area contributed by atoms with Gasteiger partial charge in [0, 0.05) is 29.6 Å². The van der Waals surface area contributed by atoms with E-state index < -0.39 is 16.8 Å². The number of hydrogen-bond acceptors (Lipinski definition) is 6. The van der Waals surface area contributed by atoms with Crippen LogP contribution in [0.3, 0.4) is 0 Å². The van der Waals surface area contributed by atoms with Crippen LogP contribution in [-0.2, 0) is 9.53 Å². The fraction of sp³-hybridized carbons (Fsp3) is 0.0588. The number of anilines is 1. The quantitative estimate of drug-likeness (QED) is 0.361. The molecule has 1 amide bonds. The van der Waals surface area contributed by atoms with Gasteiger partial charge < -0.3 is 15.4 Å². The van der Waals surface area contributed by atoms with Gasteiger partial charge in [-0.2, -0.15) is 0 Å². The molecule has 0 spiro atoms. The van der Waals surface area contributed by atoms with E-state index in [2.05, 4.69) is 15.4 Å². The summed E-state index contributed by atoms with van der Waals surface area (Å²) in [6, 6.07) is 14.0. The number of nitro groups is 1. The highest BCUT2D eigenvalue weighted by Crippen LogP contribution is 2.15. The average Bonchev–Trinajstić information content (AvgIpc) is 2.65. The molecule has 0 aliphatic rings. The number of ether oxygens (including phenoxy) is 1. The minimum Gasteiger partial charge on any atom is -0.464 e. The molecule has 0 heterocycles. The summed E-state index contributed by atoms with van der Waals surface area (Å²) in [6.07, 6.45) is 1.26. The second kappa shape index (κ2) is 8.25. The monoisotopic (exact) mass is 341 g/mol. The van der Waals surface area contributed by atoms with E-state index in [1.54, 1.807) is 30.3 Å². The Morgan fingerprint density at radius 1 is 1.08 bits per heavy atom. The molecule has 2 aromatic carbocycles. The fourth-order valence-corrected chi connectivity index (χ4v) is 1.87. The molecular weight excluding hydrogens is 326 g/mol. The predicted molar refractivity (Wildman–Crippen MR) is 90.7 cm³/mol. The van der Waals surface area contributed by atoms with Crippen molar-refractivity contribution in [2.75, 3.05) is 12.4 Å². The van der Waals surface area contributed by atoms with Crippen molar-refractivity contribution in [2.45, 2.75) is 0 Å². The van der Waals surface area contributed by atoms with Crippen molar-refractivity contribution in [1.29, 1.82) is 0 Å². The van der Waals surface area contributed by atoms with Crippen LogP contribution in [0.15, 0.2) is 66.5 Å². The highest BCUT2D eigenvalue weighted by molar-refractivity contribution is 6.01. The summed E-state index contributed by atoms with van der Waals surface area (Å²) in [5.74, 6) is -1.21. The molecule has 0 radical (unpaired) electrons. The van der Waals surface area contributed by atoms with E-state index in [4.69, 9.17) is 0 Å². The van der Waals surface area contributed by atoms with Gasteiger partial charge in [0.1, 0.15) is 5.70 Å². The van der Waals surface area contributed by atoms with Crippen LogP contribution >= 0.6 is 0 Å². The van der Waals surface area contributed by atoms with Gasteiger partial charge in [0.05, 0.1) is 12.0 Å². The van der Waals surface area contributed by atoms with Crippen LogP contribution in [0, 0.1) is 10.1 Å². The Balaban J connectivity index is 2.13. The topological polar surface area (TPSA) is 111 Å². The maximum atomic E-state index is 12.1. The SMILES string of the molecule is COC(=O)/C(=C/Nc1ccc([N+](=O)[O-])cc1)NC(=O)c1ccccc1. The first-order valence-corrected chi connectivity index (χ1v) is 7.17. The minimum absolute atomic E-state index is 0.0555. The molecule has 25 heavy (non-hydrogen) atoms. The Bertz CT molecular complexity index is 801. The average molecular weight is 341 g/mol. The summed E-state index contributed by atoms with van der Waals surface area (Å²) in [6.45, 7) is 0. The number of carbonyl (C=O) groups excluding carboxylic acids is 2. The number of carbonyl (C=O) groups is 2. The van der Waals surface area contributed by atoms with Crippen molar-refractivity contribution < 1.29 is 19.2 Å². The number of non-ortho nitro benzene ring substituents is 1. The standard InChI is InChI=1S/C17H15N3O5/c1-25-17(22)15(19-16(21)12-5-3-2-4-6-12)11-18-13-7-9-14(10-8-13)20(23)24/h2-11,18H,1H3,(H,19,21)/b15-11-. The van der Waals surface area contributed by atoms with Gasteiger partial charge in [0.2, 0.25) is 0 Å². The maximum Gasteiger partial charge on any atom is 0.356 e. The number of nitrogens with one attached hydrogen (secondary N) is 2. The lowest BCUT2D eigenvalue weighted by Crippen LogP contribution is -2.28. The zero-order valence-electron chi connectivity index (χ0n) is 13.3. The lowest BCUT2D eigenvalue weighted by Gasteiger charge is -2.09. The molecule has 8 nitrogen and oxygen atoms in total. The number of methoxy groups -OCH3 is 1. The molecule has 0 fully saturated rings. The Labute approximate surface area is 143 Å². The molecule has 2 N–H and O–H groups in total. The molecular formula is C17H15N3O5. The van der Waals surface area contributed by atoms with E-state index in [1.165, 1.54) is 37.6 Å². The molecule has 0 aliphatic heterocycles. The number of amides is 1. The van der Waals surface area contributed by atoms with E-state index >= 15 is 0 Å². The van der Waals surface area contributed by atoms with Crippen LogP contribution in [0.25, 0.3) is 0 Å². The Morgan fingerprint density at radius 2 is 1.72 bits per heavy atom. The van der Waals surface area contributed by atoms with Crippen molar-refractivity contribution in [3.8, 4) is 0 Å². The van der Waals surface area contributed by atoms with Gasteiger partial charge >= 0.3 is 5.97 Å². The summed E-state index contributed by atoms with van der Waals surface area (Å²) in [4.78, 5) is 34.1. The van der Waals surface area contributed by atoms with E-state index in [0.717, 1.165) is 0 Å². The van der Waals surface area contributed by atoms with E-state index in [0.29, 0.717) is 11.3 Å². The molecule has 2 aromatic rings. The highest BCUT2D eigenvalue weighted by Gasteiger charge is 2.14. The number of hydrogen-bond donors (Lipinski definition) is 2. The van der Waals surface area contributed by atoms with E-state index in [-0.39, 0.29) is 11.4 Å².